The summed E-state index contributed by atoms with van der Waals surface area (Å²) in [5.74, 6) is 0. The number of hydrogen-bond acceptors (Lipinski definition) is 2. The van der Waals surface area contributed by atoms with Gasteiger partial charge < -0.3 is 0 Å². The van der Waals surface area contributed by atoms with Gasteiger partial charge in [-0.1, -0.05) is 31.9 Å². The van der Waals surface area contributed by atoms with Gasteiger partial charge in [-0.3, -0.25) is 0 Å². The van der Waals surface area contributed by atoms with Gasteiger partial charge in [-0.2, -0.15) is 0 Å². The second-order valence-electron chi connectivity index (χ2n) is 2.81. The van der Waals surface area contributed by atoms with E-state index in [0.717, 1.165) is 30.5 Å². The van der Waals surface area contributed by atoms with Crippen LogP contribution in [0.3, 0.4) is 0 Å². The third kappa shape index (κ3) is 2.55. The second kappa shape index (κ2) is 4.77. The first-order valence-electron chi connectivity index (χ1n) is 4.39. The van der Waals surface area contributed by atoms with E-state index in [2.05, 4.69) is 16.9 Å². The molecule has 0 amide bonds. The van der Waals surface area contributed by atoms with E-state index in [9.17, 15) is 0 Å². The van der Waals surface area contributed by atoms with E-state index in [-0.39, 0.29) is 5.28 Å². The van der Waals surface area contributed by atoms with Crippen molar-refractivity contribution in [3.8, 4) is 0 Å². The van der Waals surface area contributed by atoms with Crippen molar-refractivity contribution in [3.63, 3.8) is 0 Å². The fraction of sp³-hybridized carbons (Fsp3) is 0.556. The van der Waals surface area contributed by atoms with Crippen LogP contribution in [0.5, 0.6) is 0 Å². The average Bonchev–Trinajstić information content (AvgIpc) is 2.04. The van der Waals surface area contributed by atoms with Crippen LogP contribution in [0.25, 0.3) is 0 Å². The Morgan fingerprint density at radius 1 is 1.15 bits per heavy atom. The molecular weight excluding hydrogens is 207 g/mol. The molecular formula is C9H12Cl2N2. The molecule has 0 radical (unpaired) electrons. The molecule has 1 rings (SSSR count). The Hall–Kier alpha value is -0.340. The first-order valence-corrected chi connectivity index (χ1v) is 5.15. The molecule has 0 aliphatic rings. The molecule has 0 aromatic carbocycles. The summed E-state index contributed by atoms with van der Waals surface area (Å²) in [7, 11) is 0. The average molecular weight is 219 g/mol. The zero-order chi connectivity index (χ0) is 9.84. The smallest absolute Gasteiger partial charge is 0.223 e. The Morgan fingerprint density at radius 3 is 2.38 bits per heavy atom. The molecule has 0 aliphatic heterocycles. The van der Waals surface area contributed by atoms with E-state index in [1.807, 2.05) is 6.92 Å². The lowest BCUT2D eigenvalue weighted by Crippen LogP contribution is -2.00. The van der Waals surface area contributed by atoms with Crippen LogP contribution >= 0.6 is 23.2 Å². The predicted octanol–water partition coefficient (Wildman–Crippen LogP) is 3.30. The van der Waals surface area contributed by atoms with Crippen molar-refractivity contribution in [2.45, 2.75) is 33.1 Å². The number of aromatic nitrogens is 2. The van der Waals surface area contributed by atoms with Gasteiger partial charge in [-0.15, -0.1) is 0 Å². The minimum absolute atomic E-state index is 0.241. The number of hydrogen-bond donors (Lipinski definition) is 0. The highest BCUT2D eigenvalue weighted by molar-refractivity contribution is 6.32. The van der Waals surface area contributed by atoms with Gasteiger partial charge >= 0.3 is 0 Å². The molecule has 0 spiro atoms. The highest BCUT2D eigenvalue weighted by atomic mass is 35.5. The van der Waals surface area contributed by atoms with Crippen molar-refractivity contribution < 1.29 is 0 Å². The molecule has 1 heterocycles. The first-order chi connectivity index (χ1) is 6.19. The van der Waals surface area contributed by atoms with Gasteiger partial charge in [0.2, 0.25) is 5.28 Å². The maximum Gasteiger partial charge on any atom is 0.224 e. The minimum atomic E-state index is 0.241. The van der Waals surface area contributed by atoms with Crippen molar-refractivity contribution in [1.82, 2.24) is 9.97 Å². The summed E-state index contributed by atoms with van der Waals surface area (Å²) < 4.78 is 0. The van der Waals surface area contributed by atoms with Crippen LogP contribution in [0.2, 0.25) is 10.4 Å². The van der Waals surface area contributed by atoms with E-state index in [1.165, 1.54) is 0 Å². The number of aryl methyl sites for hydroxylation is 1. The molecule has 0 atom stereocenters. The van der Waals surface area contributed by atoms with Crippen LogP contribution in [0.1, 0.15) is 31.5 Å². The van der Waals surface area contributed by atoms with E-state index < -0.39 is 0 Å². The van der Waals surface area contributed by atoms with Gasteiger partial charge in [0.1, 0.15) is 5.15 Å². The molecule has 72 valence electrons. The number of nitrogens with zero attached hydrogens (tertiary/aromatic N) is 2. The zero-order valence-electron chi connectivity index (χ0n) is 7.77. The molecule has 0 fully saturated rings. The Morgan fingerprint density at radius 2 is 1.85 bits per heavy atom. The lowest BCUT2D eigenvalue weighted by molar-refractivity contribution is 0.844. The summed E-state index contributed by atoms with van der Waals surface area (Å²) in [4.78, 5) is 8.07. The number of rotatable bonds is 3. The van der Waals surface area contributed by atoms with E-state index in [4.69, 9.17) is 23.2 Å². The maximum atomic E-state index is 5.93. The lowest BCUT2D eigenvalue weighted by atomic mass is 10.1. The highest BCUT2D eigenvalue weighted by Gasteiger charge is 2.09. The van der Waals surface area contributed by atoms with E-state index >= 15 is 0 Å². The van der Waals surface area contributed by atoms with Gasteiger partial charge in [0.05, 0.1) is 5.69 Å². The van der Waals surface area contributed by atoms with Crippen LogP contribution in [0.15, 0.2) is 0 Å². The summed E-state index contributed by atoms with van der Waals surface area (Å²) in [6.07, 6.45) is 2.80. The molecule has 0 bridgehead atoms. The topological polar surface area (TPSA) is 25.8 Å². The number of halogens is 2. The third-order valence-electron chi connectivity index (χ3n) is 1.86. The molecule has 1 aromatic heterocycles. The van der Waals surface area contributed by atoms with Crippen molar-refractivity contribution in [2.24, 2.45) is 0 Å². The molecule has 0 saturated heterocycles. The largest absolute Gasteiger partial charge is 0.224 e. The molecule has 0 aliphatic carbocycles. The predicted molar refractivity (Wildman–Crippen MR) is 55.4 cm³/mol. The van der Waals surface area contributed by atoms with Gasteiger partial charge in [-0.05, 0) is 24.4 Å². The Labute approximate surface area is 88.3 Å². The van der Waals surface area contributed by atoms with Gasteiger partial charge in [0.25, 0.3) is 0 Å². The third-order valence-corrected chi connectivity index (χ3v) is 2.34. The van der Waals surface area contributed by atoms with Gasteiger partial charge in [-0.25, -0.2) is 9.97 Å². The first kappa shape index (κ1) is 10.7. The van der Waals surface area contributed by atoms with Crippen LogP contribution in [0.4, 0.5) is 0 Å². The van der Waals surface area contributed by atoms with Crippen LogP contribution in [0, 0.1) is 0 Å². The lowest BCUT2D eigenvalue weighted by Gasteiger charge is -2.07. The van der Waals surface area contributed by atoms with Gasteiger partial charge in [0.15, 0.2) is 0 Å². The Bertz CT molecular complexity index is 300. The summed E-state index contributed by atoms with van der Waals surface area (Å²) >= 11 is 11.6. The molecule has 0 N–H and O–H groups in total. The molecule has 4 heteroatoms. The van der Waals surface area contributed by atoms with E-state index in [0.29, 0.717) is 5.15 Å². The Kier molecular flexibility index (Phi) is 3.94. The van der Waals surface area contributed by atoms with Crippen molar-refractivity contribution in [3.05, 3.63) is 21.7 Å². The fourth-order valence-corrected chi connectivity index (χ4v) is 1.82. The standard InChI is InChI=1S/C9H12Cl2N2/c1-3-5-7-6(4-2)8(10)13-9(11)12-7/h3-5H2,1-2H3. The van der Waals surface area contributed by atoms with Crippen LogP contribution < -0.4 is 0 Å². The van der Waals surface area contributed by atoms with E-state index in [1.54, 1.807) is 0 Å². The van der Waals surface area contributed by atoms with Crippen molar-refractivity contribution in [1.29, 1.82) is 0 Å². The maximum absolute atomic E-state index is 5.93. The quantitative estimate of drug-likeness (QED) is 0.575. The SMILES string of the molecule is CCCc1nc(Cl)nc(Cl)c1CC. The van der Waals surface area contributed by atoms with Crippen molar-refractivity contribution in [2.75, 3.05) is 0 Å². The summed E-state index contributed by atoms with van der Waals surface area (Å²) in [5.41, 5.74) is 2.00. The minimum Gasteiger partial charge on any atom is -0.223 e. The summed E-state index contributed by atoms with van der Waals surface area (Å²) in [5, 5.41) is 0.733. The Balaban J connectivity index is 3.13. The molecule has 2 nitrogen and oxygen atoms in total. The monoisotopic (exact) mass is 218 g/mol. The molecule has 0 saturated carbocycles. The molecule has 1 aromatic rings. The second-order valence-corrected chi connectivity index (χ2v) is 3.51. The normalized spacial score (nSPS) is 10.5. The highest BCUT2D eigenvalue weighted by Crippen LogP contribution is 2.20. The summed E-state index contributed by atoms with van der Waals surface area (Å²) in [6.45, 7) is 4.14. The van der Waals surface area contributed by atoms with Crippen molar-refractivity contribution >= 4 is 23.2 Å². The van der Waals surface area contributed by atoms with Crippen LogP contribution in [-0.4, -0.2) is 9.97 Å². The summed E-state index contributed by atoms with van der Waals surface area (Å²) in [6, 6.07) is 0. The zero-order valence-corrected chi connectivity index (χ0v) is 9.28. The molecule has 0 unspecified atom stereocenters. The molecule has 13 heavy (non-hydrogen) atoms. The fourth-order valence-electron chi connectivity index (χ4n) is 1.26. The van der Waals surface area contributed by atoms with Crippen LogP contribution in [-0.2, 0) is 12.8 Å². The van der Waals surface area contributed by atoms with Gasteiger partial charge in [0, 0.05) is 5.56 Å².